The molecule has 1 aliphatic heterocycles. The fourth-order valence-electron chi connectivity index (χ4n) is 11.7. The summed E-state index contributed by atoms with van der Waals surface area (Å²) in [6.45, 7) is 17.9. The normalized spacial score (nSPS) is 40.7. The summed E-state index contributed by atoms with van der Waals surface area (Å²) in [5.74, 6) is -0.725. The molecular formula is C41H66O10. The first kappa shape index (κ1) is 40.4. The summed E-state index contributed by atoms with van der Waals surface area (Å²) in [6.07, 6.45) is 6.34. The van der Waals surface area contributed by atoms with Crippen LogP contribution in [0.2, 0.25) is 0 Å². The predicted molar refractivity (Wildman–Crippen MR) is 192 cm³/mol. The first-order valence-corrected chi connectivity index (χ1v) is 19.4. The van der Waals surface area contributed by atoms with Gasteiger partial charge in [-0.15, -0.1) is 0 Å². The van der Waals surface area contributed by atoms with Gasteiger partial charge in [-0.1, -0.05) is 57.4 Å². The summed E-state index contributed by atoms with van der Waals surface area (Å²) in [6, 6.07) is 0. The lowest BCUT2D eigenvalue weighted by molar-refractivity contribution is -0.274. The molecule has 1 unspecified atom stereocenters. The van der Waals surface area contributed by atoms with Gasteiger partial charge in [-0.3, -0.25) is 9.59 Å². The predicted octanol–water partition coefficient (Wildman–Crippen LogP) is 6.08. The maximum absolute atomic E-state index is 13.0. The second-order valence-corrected chi connectivity index (χ2v) is 18.6. The lowest BCUT2D eigenvalue weighted by Crippen LogP contribution is -2.56. The second kappa shape index (κ2) is 14.8. The number of aliphatic hydroxyl groups is 4. The van der Waals surface area contributed by atoms with E-state index in [0.29, 0.717) is 18.4 Å². The average molecular weight is 719 g/mol. The summed E-state index contributed by atoms with van der Waals surface area (Å²) < 4.78 is 17.9. The number of carbonyl (C=O) groups is 2. The zero-order chi connectivity index (χ0) is 37.7. The number of aliphatic carboxylic acids is 1. The molecule has 1 heterocycles. The molecule has 0 radical (unpaired) electrons. The molecular weight excluding hydrogens is 652 g/mol. The highest BCUT2D eigenvalue weighted by Crippen LogP contribution is 2.72. The number of carboxylic acid groups (broad SMARTS) is 1. The molecule has 0 aromatic rings. The molecule has 0 aromatic heterocycles. The Labute approximate surface area is 305 Å². The molecule has 0 bridgehead atoms. The van der Waals surface area contributed by atoms with Crippen molar-refractivity contribution in [3.05, 3.63) is 22.8 Å². The summed E-state index contributed by atoms with van der Waals surface area (Å²) in [7, 11) is 0. The van der Waals surface area contributed by atoms with E-state index in [1.54, 1.807) is 11.1 Å². The lowest BCUT2D eigenvalue weighted by atomic mass is 9.43. The molecule has 51 heavy (non-hydrogen) atoms. The Morgan fingerprint density at radius 2 is 1.67 bits per heavy atom. The molecule has 5 rings (SSSR count). The fourth-order valence-corrected chi connectivity index (χ4v) is 11.7. The molecule has 2 saturated carbocycles. The monoisotopic (exact) mass is 718 g/mol. The minimum atomic E-state index is -1.65. The molecule has 10 nitrogen and oxygen atoms in total. The van der Waals surface area contributed by atoms with Gasteiger partial charge in [0, 0.05) is 5.41 Å². The molecule has 4 aliphatic carbocycles. The molecule has 290 valence electrons. The highest BCUT2D eigenvalue weighted by molar-refractivity contribution is 5.74. The van der Waals surface area contributed by atoms with Gasteiger partial charge in [0.15, 0.2) is 6.29 Å². The van der Waals surface area contributed by atoms with E-state index in [1.165, 1.54) is 12.5 Å². The lowest BCUT2D eigenvalue weighted by Gasteiger charge is -2.62. The molecule has 3 fully saturated rings. The van der Waals surface area contributed by atoms with Gasteiger partial charge in [0.1, 0.15) is 24.4 Å². The number of hydrogen-bond donors (Lipinski definition) is 5. The number of esters is 1. The van der Waals surface area contributed by atoms with Gasteiger partial charge in [-0.05, 0) is 119 Å². The van der Waals surface area contributed by atoms with Crippen LogP contribution in [0, 0.1) is 39.4 Å². The number of rotatable bonds is 12. The zero-order valence-electron chi connectivity index (χ0n) is 32.4. The Kier molecular flexibility index (Phi) is 11.7. The van der Waals surface area contributed by atoms with Crippen LogP contribution < -0.4 is 0 Å². The molecule has 0 amide bonds. The van der Waals surface area contributed by atoms with Crippen LogP contribution in [-0.4, -0.2) is 87.0 Å². The van der Waals surface area contributed by atoms with E-state index in [2.05, 4.69) is 54.5 Å². The first-order chi connectivity index (χ1) is 23.7. The smallest absolute Gasteiger partial charge is 0.309 e. The molecule has 0 aromatic carbocycles. The van der Waals surface area contributed by atoms with Crippen molar-refractivity contribution < 1.29 is 49.3 Å². The van der Waals surface area contributed by atoms with E-state index in [0.717, 1.165) is 64.2 Å². The number of fused-ring (bicyclic) bond motifs is 4. The third kappa shape index (κ3) is 7.61. The van der Waals surface area contributed by atoms with E-state index >= 15 is 0 Å². The number of carbonyl (C=O) groups excluding carboxylic acids is 1. The van der Waals surface area contributed by atoms with Gasteiger partial charge in [0.2, 0.25) is 0 Å². The van der Waals surface area contributed by atoms with Crippen LogP contribution in [0.1, 0.15) is 132 Å². The number of ether oxygens (including phenoxy) is 3. The first-order valence-electron chi connectivity index (χ1n) is 19.4. The van der Waals surface area contributed by atoms with Crippen LogP contribution in [0.5, 0.6) is 0 Å². The largest absolute Gasteiger partial charge is 0.481 e. The topological polar surface area (TPSA) is 163 Å². The van der Waals surface area contributed by atoms with Gasteiger partial charge in [0.25, 0.3) is 0 Å². The molecule has 1 saturated heterocycles. The third-order valence-electron chi connectivity index (χ3n) is 14.7. The van der Waals surface area contributed by atoms with Crippen molar-refractivity contribution in [2.75, 3.05) is 13.2 Å². The number of allylic oxidation sites excluding steroid dienone is 4. The Morgan fingerprint density at radius 1 is 0.961 bits per heavy atom. The van der Waals surface area contributed by atoms with Crippen molar-refractivity contribution in [2.45, 2.75) is 169 Å². The van der Waals surface area contributed by atoms with Crippen molar-refractivity contribution in [3.8, 4) is 0 Å². The van der Waals surface area contributed by atoms with E-state index in [-0.39, 0.29) is 46.7 Å². The number of hydrogen-bond acceptors (Lipinski definition) is 9. The van der Waals surface area contributed by atoms with Crippen LogP contribution in [0.4, 0.5) is 0 Å². The Balaban J connectivity index is 1.35. The van der Waals surface area contributed by atoms with E-state index in [1.807, 2.05) is 0 Å². The van der Waals surface area contributed by atoms with Crippen LogP contribution in [0.25, 0.3) is 0 Å². The molecule has 12 atom stereocenters. The Bertz CT molecular complexity index is 1360. The van der Waals surface area contributed by atoms with E-state index in [4.69, 9.17) is 19.3 Å². The van der Waals surface area contributed by atoms with E-state index < -0.39 is 48.6 Å². The van der Waals surface area contributed by atoms with E-state index in [9.17, 15) is 30.0 Å². The van der Waals surface area contributed by atoms with Crippen LogP contribution in [0.3, 0.4) is 0 Å². The SMILES string of the molecule is CC(C)=CCC[C@@H](CO[C@@H]1OC[C@@H](O)[C@H](O)[C@H]1O)[C@H]1CC[C@@]2(C)C3=C(CC[C@]12C)[C@@]1(C)CC[C@@H](OC(=O)CC(C)(O)CC(=O)O)C(C)(C)[C@@H]1CC3. The van der Waals surface area contributed by atoms with Crippen LogP contribution in [0.15, 0.2) is 22.8 Å². The van der Waals surface area contributed by atoms with Gasteiger partial charge < -0.3 is 39.7 Å². The van der Waals surface area contributed by atoms with Crippen molar-refractivity contribution >= 4 is 11.9 Å². The Morgan fingerprint density at radius 3 is 2.33 bits per heavy atom. The second-order valence-electron chi connectivity index (χ2n) is 18.6. The minimum absolute atomic E-state index is 0.0109. The fraction of sp³-hybridized carbons (Fsp3) is 0.854. The summed E-state index contributed by atoms with van der Waals surface area (Å²) >= 11 is 0. The maximum atomic E-state index is 13.0. The van der Waals surface area contributed by atoms with Crippen LogP contribution >= 0.6 is 0 Å². The minimum Gasteiger partial charge on any atom is -0.481 e. The van der Waals surface area contributed by atoms with Crippen molar-refractivity contribution in [1.82, 2.24) is 0 Å². The van der Waals surface area contributed by atoms with Crippen molar-refractivity contribution in [3.63, 3.8) is 0 Å². The summed E-state index contributed by atoms with van der Waals surface area (Å²) in [5.41, 5.74) is 2.69. The number of carboxylic acids is 1. The number of aliphatic hydroxyl groups excluding tert-OH is 3. The zero-order valence-corrected chi connectivity index (χ0v) is 32.4. The van der Waals surface area contributed by atoms with Gasteiger partial charge in [-0.25, -0.2) is 0 Å². The van der Waals surface area contributed by atoms with Crippen LogP contribution in [-0.2, 0) is 23.8 Å². The quantitative estimate of drug-likeness (QED) is 0.118. The average Bonchev–Trinajstić information content (AvgIpc) is 3.29. The van der Waals surface area contributed by atoms with Gasteiger partial charge in [-0.2, -0.15) is 0 Å². The highest BCUT2D eigenvalue weighted by Gasteiger charge is 2.64. The third-order valence-corrected chi connectivity index (χ3v) is 14.7. The summed E-state index contributed by atoms with van der Waals surface area (Å²) in [5, 5.41) is 50.5. The summed E-state index contributed by atoms with van der Waals surface area (Å²) in [4.78, 5) is 24.2. The van der Waals surface area contributed by atoms with Crippen molar-refractivity contribution in [2.24, 2.45) is 39.4 Å². The maximum Gasteiger partial charge on any atom is 0.309 e. The molecule has 5 N–H and O–H groups in total. The molecule has 0 spiro atoms. The van der Waals surface area contributed by atoms with Crippen molar-refractivity contribution in [1.29, 1.82) is 0 Å². The van der Waals surface area contributed by atoms with Gasteiger partial charge >= 0.3 is 11.9 Å². The molecule has 5 aliphatic rings. The Hall–Kier alpha value is -1.82. The van der Waals surface area contributed by atoms with Gasteiger partial charge in [0.05, 0.1) is 31.7 Å². The standard InChI is InChI=1S/C41H66O10/c1-24(2)10-9-11-25(22-49-36-35(47)34(46)29(42)23-50-36)26-14-18-41(8)28-12-13-30-37(3,4)31(51-33(45)21-38(5,48)20-32(43)44)16-17-39(30,6)27(28)15-19-40(26,41)7/h10,25-26,29-31,34-36,42,46-48H,9,11-23H2,1-8H3,(H,43,44)/t25-,26+,29+,30-,31+,34-,35+,36+,38?,39+,40+,41-/m0/s1. The molecule has 10 heteroatoms. The highest BCUT2D eigenvalue weighted by atomic mass is 16.7.